The molecule has 72 valence electrons. The average Bonchev–Trinajstić information content (AvgIpc) is 2.88. The van der Waals surface area contributed by atoms with Crippen molar-refractivity contribution in [2.45, 2.75) is 12.8 Å². The molecule has 0 atom stereocenters. The summed E-state index contributed by atoms with van der Waals surface area (Å²) in [7, 11) is 0. The predicted molar refractivity (Wildman–Crippen MR) is 55.5 cm³/mol. The van der Waals surface area contributed by atoms with Gasteiger partial charge in [-0.15, -0.1) is 0 Å². The second-order valence-electron chi connectivity index (χ2n) is 3.74. The number of rotatable bonds is 1. The Morgan fingerprint density at radius 3 is 2.93 bits per heavy atom. The van der Waals surface area contributed by atoms with Crippen molar-refractivity contribution in [1.82, 2.24) is 5.16 Å². The molecule has 0 radical (unpaired) electrons. The Morgan fingerprint density at radius 2 is 2.07 bits per heavy atom. The molecule has 0 unspecified atom stereocenters. The molecule has 2 heterocycles. The molecule has 1 aliphatic rings. The van der Waals surface area contributed by atoms with E-state index in [1.165, 1.54) is 31.6 Å². The van der Waals surface area contributed by atoms with E-state index < -0.39 is 0 Å². The quantitative estimate of drug-likeness (QED) is 0.688. The molecule has 0 spiro atoms. The van der Waals surface area contributed by atoms with Gasteiger partial charge in [0.25, 0.3) is 0 Å². The van der Waals surface area contributed by atoms with Crippen LogP contribution in [-0.2, 0) is 0 Å². The second-order valence-corrected chi connectivity index (χ2v) is 3.74. The van der Waals surface area contributed by atoms with Crippen molar-refractivity contribution in [1.29, 1.82) is 0 Å². The van der Waals surface area contributed by atoms with Crippen molar-refractivity contribution in [3.05, 3.63) is 24.4 Å². The van der Waals surface area contributed by atoms with Crippen LogP contribution < -0.4 is 4.90 Å². The number of hydrogen-bond donors (Lipinski definition) is 0. The van der Waals surface area contributed by atoms with Gasteiger partial charge >= 0.3 is 0 Å². The van der Waals surface area contributed by atoms with Crippen LogP contribution in [0.2, 0.25) is 0 Å². The molecular formula is C11H12N2O. The SMILES string of the molecule is c1cc2cnoc2cc1N1CCCC1. The fourth-order valence-corrected chi connectivity index (χ4v) is 2.02. The van der Waals surface area contributed by atoms with E-state index in [0.717, 1.165) is 11.0 Å². The van der Waals surface area contributed by atoms with Gasteiger partial charge in [-0.05, 0) is 25.0 Å². The van der Waals surface area contributed by atoms with Crippen LogP contribution in [-0.4, -0.2) is 18.2 Å². The highest BCUT2D eigenvalue weighted by Crippen LogP contribution is 2.24. The van der Waals surface area contributed by atoms with Crippen molar-refractivity contribution >= 4 is 16.7 Å². The molecule has 1 saturated heterocycles. The fourth-order valence-electron chi connectivity index (χ4n) is 2.02. The van der Waals surface area contributed by atoms with Gasteiger partial charge in [-0.2, -0.15) is 0 Å². The first-order valence-electron chi connectivity index (χ1n) is 5.03. The molecule has 3 rings (SSSR count). The molecule has 0 amide bonds. The first-order valence-corrected chi connectivity index (χ1v) is 5.03. The summed E-state index contributed by atoms with van der Waals surface area (Å²) in [6, 6.07) is 6.29. The van der Waals surface area contributed by atoms with E-state index in [9.17, 15) is 0 Å². The van der Waals surface area contributed by atoms with Gasteiger partial charge in [-0.25, -0.2) is 0 Å². The number of aromatic nitrogens is 1. The molecule has 0 saturated carbocycles. The second kappa shape index (κ2) is 3.01. The Bertz CT molecular complexity index is 443. The van der Waals surface area contributed by atoms with Crippen molar-refractivity contribution in [2.24, 2.45) is 0 Å². The highest BCUT2D eigenvalue weighted by Gasteiger charge is 2.12. The molecule has 3 nitrogen and oxygen atoms in total. The lowest BCUT2D eigenvalue weighted by Crippen LogP contribution is -2.17. The van der Waals surface area contributed by atoms with Crippen molar-refractivity contribution in [3.8, 4) is 0 Å². The molecule has 1 fully saturated rings. The standard InChI is InChI=1S/C11H12N2O/c1-2-6-13(5-1)10-4-3-9-8-12-14-11(9)7-10/h3-4,7-8H,1-2,5-6H2. The molecular weight excluding hydrogens is 176 g/mol. The Hall–Kier alpha value is -1.51. The van der Waals surface area contributed by atoms with Crippen LogP contribution in [0.25, 0.3) is 11.0 Å². The minimum atomic E-state index is 0.884. The third-order valence-corrected chi connectivity index (χ3v) is 2.81. The molecule has 14 heavy (non-hydrogen) atoms. The zero-order valence-corrected chi connectivity index (χ0v) is 7.94. The molecule has 1 aromatic heterocycles. The van der Waals surface area contributed by atoms with E-state index in [0.29, 0.717) is 0 Å². The zero-order chi connectivity index (χ0) is 9.38. The van der Waals surface area contributed by atoms with E-state index in [-0.39, 0.29) is 0 Å². The fraction of sp³-hybridized carbons (Fsp3) is 0.364. The van der Waals surface area contributed by atoms with Crippen LogP contribution in [0.4, 0.5) is 5.69 Å². The summed E-state index contributed by atoms with van der Waals surface area (Å²) in [5.74, 6) is 0. The van der Waals surface area contributed by atoms with Gasteiger partial charge in [0.1, 0.15) is 0 Å². The van der Waals surface area contributed by atoms with Gasteiger partial charge in [0.05, 0.1) is 6.20 Å². The van der Waals surface area contributed by atoms with Gasteiger partial charge in [0, 0.05) is 30.2 Å². The van der Waals surface area contributed by atoms with E-state index in [4.69, 9.17) is 4.52 Å². The summed E-state index contributed by atoms with van der Waals surface area (Å²) in [5, 5.41) is 4.85. The lowest BCUT2D eigenvalue weighted by atomic mass is 10.2. The summed E-state index contributed by atoms with van der Waals surface area (Å²) in [6.45, 7) is 2.33. The van der Waals surface area contributed by atoms with Gasteiger partial charge in [0.15, 0.2) is 5.58 Å². The first-order chi connectivity index (χ1) is 6.93. The summed E-state index contributed by atoms with van der Waals surface area (Å²) >= 11 is 0. The van der Waals surface area contributed by atoms with Gasteiger partial charge in [0.2, 0.25) is 0 Å². The first kappa shape index (κ1) is 7.85. The van der Waals surface area contributed by atoms with Crippen molar-refractivity contribution < 1.29 is 4.52 Å². The van der Waals surface area contributed by atoms with Crippen molar-refractivity contribution in [3.63, 3.8) is 0 Å². The third kappa shape index (κ3) is 1.16. The van der Waals surface area contributed by atoms with Gasteiger partial charge in [-0.3, -0.25) is 0 Å². The summed E-state index contributed by atoms with van der Waals surface area (Å²) in [5.41, 5.74) is 2.14. The van der Waals surface area contributed by atoms with Gasteiger partial charge in [-0.1, -0.05) is 5.16 Å². The van der Waals surface area contributed by atoms with Crippen LogP contribution in [0.15, 0.2) is 28.9 Å². The van der Waals surface area contributed by atoms with Crippen molar-refractivity contribution in [2.75, 3.05) is 18.0 Å². The third-order valence-electron chi connectivity index (χ3n) is 2.81. The number of fused-ring (bicyclic) bond motifs is 1. The Labute approximate surface area is 82.3 Å². The lowest BCUT2D eigenvalue weighted by Gasteiger charge is -2.16. The Balaban J connectivity index is 2.04. The maximum Gasteiger partial charge on any atom is 0.168 e. The lowest BCUT2D eigenvalue weighted by molar-refractivity contribution is 0.456. The highest BCUT2D eigenvalue weighted by atomic mass is 16.5. The van der Waals surface area contributed by atoms with Crippen LogP contribution >= 0.6 is 0 Å². The minimum Gasteiger partial charge on any atom is -0.371 e. The van der Waals surface area contributed by atoms with E-state index in [2.05, 4.69) is 28.3 Å². The monoisotopic (exact) mass is 188 g/mol. The number of benzene rings is 1. The zero-order valence-electron chi connectivity index (χ0n) is 7.94. The Kier molecular flexibility index (Phi) is 1.69. The number of anilines is 1. The predicted octanol–water partition coefficient (Wildman–Crippen LogP) is 2.43. The van der Waals surface area contributed by atoms with Gasteiger partial charge < -0.3 is 9.42 Å². The van der Waals surface area contributed by atoms with E-state index in [1.807, 2.05) is 0 Å². The molecule has 2 aromatic rings. The maximum atomic E-state index is 5.14. The van der Waals surface area contributed by atoms with Crippen LogP contribution in [0.3, 0.4) is 0 Å². The largest absolute Gasteiger partial charge is 0.371 e. The summed E-state index contributed by atoms with van der Waals surface area (Å²) < 4.78 is 5.14. The molecule has 1 aliphatic heterocycles. The molecule has 0 aliphatic carbocycles. The van der Waals surface area contributed by atoms with E-state index in [1.54, 1.807) is 6.20 Å². The minimum absolute atomic E-state index is 0.884. The molecule has 0 bridgehead atoms. The number of hydrogen-bond acceptors (Lipinski definition) is 3. The smallest absolute Gasteiger partial charge is 0.168 e. The Morgan fingerprint density at radius 1 is 1.21 bits per heavy atom. The maximum absolute atomic E-state index is 5.14. The molecule has 1 aromatic carbocycles. The highest BCUT2D eigenvalue weighted by molar-refractivity contribution is 5.80. The average molecular weight is 188 g/mol. The number of nitrogens with zero attached hydrogens (tertiary/aromatic N) is 2. The molecule has 3 heteroatoms. The van der Waals surface area contributed by atoms with Crippen LogP contribution in [0.1, 0.15) is 12.8 Å². The normalized spacial score (nSPS) is 16.7. The summed E-state index contributed by atoms with van der Waals surface area (Å²) in [4.78, 5) is 2.39. The molecule has 0 N–H and O–H groups in total. The topological polar surface area (TPSA) is 29.3 Å². The summed E-state index contributed by atoms with van der Waals surface area (Å²) in [6.07, 6.45) is 4.35. The van der Waals surface area contributed by atoms with E-state index >= 15 is 0 Å². The van der Waals surface area contributed by atoms with Crippen LogP contribution in [0, 0.1) is 0 Å². The van der Waals surface area contributed by atoms with Crippen LogP contribution in [0.5, 0.6) is 0 Å².